The van der Waals surface area contributed by atoms with Gasteiger partial charge in [0.05, 0.1) is 0 Å². The number of hydrogen-bond acceptors (Lipinski definition) is 1. The molecule has 0 aromatic rings. The minimum absolute atomic E-state index is 0.0190. The van der Waals surface area contributed by atoms with E-state index in [2.05, 4.69) is 26.1 Å². The first-order valence-electron chi connectivity index (χ1n) is 4.77. The third kappa shape index (κ3) is 8.86. The molecule has 74 valence electrons. The lowest BCUT2D eigenvalue weighted by Crippen LogP contribution is -2.25. The number of hydrogen-bond donors (Lipinski definition) is 1. The summed E-state index contributed by atoms with van der Waals surface area (Å²) in [7, 11) is 0. The largest absolute Gasteiger partial charge is 0.352 e. The number of allylic oxidation sites excluding steroid dienone is 3. The summed E-state index contributed by atoms with van der Waals surface area (Å²) in [6, 6.07) is 0. The fraction of sp³-hybridized carbons (Fsp3) is 0.545. The monoisotopic (exact) mass is 181 g/mol. The van der Waals surface area contributed by atoms with E-state index in [0.29, 0.717) is 5.92 Å². The molecule has 0 atom stereocenters. The van der Waals surface area contributed by atoms with Crippen molar-refractivity contribution < 1.29 is 4.79 Å². The second kappa shape index (κ2) is 7.59. The molecule has 0 saturated heterocycles. The molecule has 1 N–H and O–H groups in total. The third-order valence-corrected chi connectivity index (χ3v) is 1.42. The van der Waals surface area contributed by atoms with Gasteiger partial charge in [-0.15, -0.1) is 0 Å². The maximum atomic E-state index is 11.1. The highest BCUT2D eigenvalue weighted by Gasteiger charge is 1.95. The Balaban J connectivity index is 3.61. The van der Waals surface area contributed by atoms with E-state index in [1.54, 1.807) is 12.2 Å². The molecular weight excluding hydrogens is 162 g/mol. The molecule has 0 saturated carbocycles. The summed E-state index contributed by atoms with van der Waals surface area (Å²) in [5.74, 6) is 0.484. The molecule has 0 aliphatic carbocycles. The molecule has 2 nitrogen and oxygen atoms in total. The maximum absolute atomic E-state index is 11.1. The number of nitrogens with one attached hydrogen (secondary N) is 1. The predicted molar refractivity (Wildman–Crippen MR) is 56.4 cm³/mol. The zero-order chi connectivity index (χ0) is 10.1. The Morgan fingerprint density at radius 1 is 1.38 bits per heavy atom. The molecule has 13 heavy (non-hydrogen) atoms. The zero-order valence-corrected chi connectivity index (χ0v) is 8.71. The van der Waals surface area contributed by atoms with Gasteiger partial charge in [0.1, 0.15) is 0 Å². The minimum atomic E-state index is -0.0190. The Morgan fingerprint density at radius 2 is 2.08 bits per heavy atom. The van der Waals surface area contributed by atoms with Crippen LogP contribution in [0.1, 0.15) is 27.2 Å². The third-order valence-electron chi connectivity index (χ3n) is 1.42. The molecule has 0 heterocycles. The van der Waals surface area contributed by atoms with Crippen LogP contribution in [0.5, 0.6) is 0 Å². The van der Waals surface area contributed by atoms with Crippen molar-refractivity contribution in [3.8, 4) is 0 Å². The molecule has 2 heteroatoms. The van der Waals surface area contributed by atoms with Crippen LogP contribution in [0.15, 0.2) is 24.3 Å². The van der Waals surface area contributed by atoms with Crippen LogP contribution in [0.3, 0.4) is 0 Å². The molecule has 0 aliphatic heterocycles. The molecule has 0 fully saturated rings. The molecule has 0 aromatic carbocycles. The van der Waals surface area contributed by atoms with Gasteiger partial charge in [0.25, 0.3) is 0 Å². The van der Waals surface area contributed by atoms with Gasteiger partial charge in [-0.05, 0) is 12.3 Å². The summed E-state index contributed by atoms with van der Waals surface area (Å²) < 4.78 is 0. The second-order valence-corrected chi connectivity index (χ2v) is 3.33. The summed E-state index contributed by atoms with van der Waals surface area (Å²) in [6.45, 7) is 6.94. The zero-order valence-electron chi connectivity index (χ0n) is 8.71. The second-order valence-electron chi connectivity index (χ2n) is 3.33. The van der Waals surface area contributed by atoms with Crippen molar-refractivity contribution in [1.29, 1.82) is 0 Å². The van der Waals surface area contributed by atoms with Gasteiger partial charge < -0.3 is 5.32 Å². The Kier molecular flexibility index (Phi) is 6.98. The quantitative estimate of drug-likeness (QED) is 0.511. The van der Waals surface area contributed by atoms with Crippen molar-refractivity contribution >= 4 is 5.91 Å². The van der Waals surface area contributed by atoms with E-state index in [4.69, 9.17) is 0 Å². The van der Waals surface area contributed by atoms with Gasteiger partial charge in [0.15, 0.2) is 0 Å². The van der Waals surface area contributed by atoms with Gasteiger partial charge in [-0.25, -0.2) is 0 Å². The fourth-order valence-corrected chi connectivity index (χ4v) is 0.721. The topological polar surface area (TPSA) is 29.1 Å². The Bertz CT molecular complexity index is 192. The summed E-state index contributed by atoms with van der Waals surface area (Å²) in [5, 5.41) is 2.80. The van der Waals surface area contributed by atoms with Crippen LogP contribution in [-0.2, 0) is 4.79 Å². The van der Waals surface area contributed by atoms with Crippen LogP contribution in [0.2, 0.25) is 0 Å². The normalized spacial score (nSPS) is 11.7. The molecule has 0 radical (unpaired) electrons. The van der Waals surface area contributed by atoms with Crippen molar-refractivity contribution in [2.45, 2.75) is 27.2 Å². The Morgan fingerprint density at radius 3 is 2.62 bits per heavy atom. The van der Waals surface area contributed by atoms with Gasteiger partial charge in [0, 0.05) is 12.6 Å². The lowest BCUT2D eigenvalue weighted by molar-refractivity contribution is -0.116. The van der Waals surface area contributed by atoms with Gasteiger partial charge in [-0.1, -0.05) is 39.0 Å². The molecule has 1 amide bonds. The van der Waals surface area contributed by atoms with E-state index < -0.39 is 0 Å². The van der Waals surface area contributed by atoms with E-state index in [1.165, 1.54) is 0 Å². The lowest BCUT2D eigenvalue weighted by atomic mass is 10.2. The van der Waals surface area contributed by atoms with Crippen LogP contribution in [-0.4, -0.2) is 12.5 Å². The van der Waals surface area contributed by atoms with Crippen molar-refractivity contribution in [2.24, 2.45) is 5.92 Å². The van der Waals surface area contributed by atoms with Crippen LogP contribution in [0, 0.1) is 5.92 Å². The molecule has 0 bridgehead atoms. The van der Waals surface area contributed by atoms with Crippen LogP contribution in [0.25, 0.3) is 0 Å². The standard InChI is InChI=1S/C11H19NO/c1-4-5-6-7-8-11(13)12-9-10(2)3/h5-8,10H,4,9H2,1-3H3,(H,12,13). The Hall–Kier alpha value is -1.05. The minimum Gasteiger partial charge on any atom is -0.352 e. The molecule has 0 spiro atoms. The van der Waals surface area contributed by atoms with E-state index in [9.17, 15) is 4.79 Å². The molecular formula is C11H19NO. The number of amides is 1. The summed E-state index contributed by atoms with van der Waals surface area (Å²) >= 11 is 0. The van der Waals surface area contributed by atoms with Gasteiger partial charge in [0.2, 0.25) is 5.91 Å². The smallest absolute Gasteiger partial charge is 0.243 e. The van der Waals surface area contributed by atoms with E-state index >= 15 is 0 Å². The predicted octanol–water partition coefficient (Wildman–Crippen LogP) is 2.28. The van der Waals surface area contributed by atoms with Crippen molar-refractivity contribution in [3.05, 3.63) is 24.3 Å². The van der Waals surface area contributed by atoms with Gasteiger partial charge >= 0.3 is 0 Å². The summed E-state index contributed by atoms with van der Waals surface area (Å²) in [6.07, 6.45) is 8.20. The molecule has 0 aliphatic rings. The van der Waals surface area contributed by atoms with Crippen LogP contribution in [0.4, 0.5) is 0 Å². The van der Waals surface area contributed by atoms with Gasteiger partial charge in [-0.3, -0.25) is 4.79 Å². The first kappa shape index (κ1) is 11.9. The highest BCUT2D eigenvalue weighted by molar-refractivity contribution is 5.87. The van der Waals surface area contributed by atoms with Gasteiger partial charge in [-0.2, -0.15) is 0 Å². The first-order valence-corrected chi connectivity index (χ1v) is 4.77. The average molecular weight is 181 g/mol. The van der Waals surface area contributed by atoms with E-state index in [1.807, 2.05) is 12.2 Å². The van der Waals surface area contributed by atoms with Crippen molar-refractivity contribution in [2.75, 3.05) is 6.54 Å². The first-order chi connectivity index (χ1) is 6.16. The summed E-state index contributed by atoms with van der Waals surface area (Å²) in [5.41, 5.74) is 0. The summed E-state index contributed by atoms with van der Waals surface area (Å²) in [4.78, 5) is 11.1. The number of rotatable bonds is 5. The van der Waals surface area contributed by atoms with E-state index in [-0.39, 0.29) is 5.91 Å². The van der Waals surface area contributed by atoms with E-state index in [0.717, 1.165) is 13.0 Å². The highest BCUT2D eigenvalue weighted by Crippen LogP contribution is 1.87. The van der Waals surface area contributed by atoms with Crippen molar-refractivity contribution in [1.82, 2.24) is 5.32 Å². The maximum Gasteiger partial charge on any atom is 0.243 e. The SMILES string of the molecule is CCC=CC=CC(=O)NCC(C)C. The molecule has 0 aromatic heterocycles. The lowest BCUT2D eigenvalue weighted by Gasteiger charge is -2.03. The molecule has 0 rings (SSSR count). The highest BCUT2D eigenvalue weighted by atomic mass is 16.1. The van der Waals surface area contributed by atoms with Crippen LogP contribution >= 0.6 is 0 Å². The number of carbonyl (C=O) groups excluding carboxylic acids is 1. The average Bonchev–Trinajstić information content (AvgIpc) is 2.09. The Labute approximate surface area is 80.7 Å². The number of carbonyl (C=O) groups is 1. The van der Waals surface area contributed by atoms with Crippen LogP contribution < -0.4 is 5.32 Å². The van der Waals surface area contributed by atoms with Crippen molar-refractivity contribution in [3.63, 3.8) is 0 Å². The fourth-order valence-electron chi connectivity index (χ4n) is 0.721. The molecule has 0 unspecified atom stereocenters.